The van der Waals surface area contributed by atoms with Crippen molar-refractivity contribution in [3.63, 3.8) is 0 Å². The van der Waals surface area contributed by atoms with Gasteiger partial charge >= 0.3 is 0 Å². The molecule has 0 aromatic heterocycles. The number of carbonyl (C=O) groups is 1. The predicted molar refractivity (Wildman–Crippen MR) is 57.9 cm³/mol. The van der Waals surface area contributed by atoms with Gasteiger partial charge in [-0.25, -0.2) is 4.39 Å². The van der Waals surface area contributed by atoms with Crippen LogP contribution in [0.5, 0.6) is 0 Å². The van der Waals surface area contributed by atoms with Crippen molar-refractivity contribution in [1.29, 1.82) is 0 Å². The minimum Gasteiger partial charge on any atom is -0.368 e. The van der Waals surface area contributed by atoms with Crippen molar-refractivity contribution in [3.8, 4) is 0 Å². The highest BCUT2D eigenvalue weighted by Gasteiger charge is 2.18. The van der Waals surface area contributed by atoms with Crippen LogP contribution < -0.4 is 4.90 Å². The van der Waals surface area contributed by atoms with E-state index >= 15 is 0 Å². The van der Waals surface area contributed by atoms with Crippen molar-refractivity contribution in [3.05, 3.63) is 29.0 Å². The standard InChI is InChI=1S/C11H11ClFNO/c12-8-1-2-11(10(13)7-8)14-5-3-9(15)4-6-14/h1-2,7H,3-6H2. The van der Waals surface area contributed by atoms with Crippen LogP contribution in [0.2, 0.25) is 5.02 Å². The molecule has 1 saturated heterocycles. The SMILES string of the molecule is O=C1CCN(c2ccc(Cl)cc2F)CC1. The van der Waals surface area contributed by atoms with Crippen LogP contribution in [0, 0.1) is 5.82 Å². The molecule has 2 rings (SSSR count). The van der Waals surface area contributed by atoms with Crippen LogP contribution in [0.25, 0.3) is 0 Å². The average molecular weight is 228 g/mol. The Hall–Kier alpha value is -1.09. The second-order valence-corrected chi connectivity index (χ2v) is 4.06. The number of carbonyl (C=O) groups excluding carboxylic acids is 1. The van der Waals surface area contributed by atoms with Gasteiger partial charge in [0.1, 0.15) is 11.6 Å². The highest BCUT2D eigenvalue weighted by molar-refractivity contribution is 6.30. The second kappa shape index (κ2) is 4.19. The first-order valence-corrected chi connectivity index (χ1v) is 5.26. The molecule has 0 unspecified atom stereocenters. The molecule has 0 aliphatic carbocycles. The van der Waals surface area contributed by atoms with Crippen molar-refractivity contribution in [2.75, 3.05) is 18.0 Å². The Kier molecular flexibility index (Phi) is 2.91. The van der Waals surface area contributed by atoms with Crippen LogP contribution >= 0.6 is 11.6 Å². The minimum atomic E-state index is -0.322. The molecular formula is C11H11ClFNO. The molecule has 0 saturated carbocycles. The summed E-state index contributed by atoms with van der Waals surface area (Å²) in [4.78, 5) is 12.9. The summed E-state index contributed by atoms with van der Waals surface area (Å²) < 4.78 is 13.5. The normalized spacial score (nSPS) is 16.9. The lowest BCUT2D eigenvalue weighted by Gasteiger charge is -2.28. The summed E-state index contributed by atoms with van der Waals surface area (Å²) in [5.41, 5.74) is 0.534. The fraction of sp³-hybridized carbons (Fsp3) is 0.364. The number of halogens is 2. The summed E-state index contributed by atoms with van der Waals surface area (Å²) in [5.74, 6) is -0.0718. The Balaban J connectivity index is 2.19. The third-order valence-corrected chi connectivity index (χ3v) is 2.81. The Morgan fingerprint density at radius 3 is 2.53 bits per heavy atom. The third-order valence-electron chi connectivity index (χ3n) is 2.57. The Bertz CT molecular complexity index is 384. The highest BCUT2D eigenvalue weighted by atomic mass is 35.5. The Morgan fingerprint density at radius 2 is 1.93 bits per heavy atom. The van der Waals surface area contributed by atoms with Gasteiger partial charge in [0, 0.05) is 31.0 Å². The molecule has 0 spiro atoms. The van der Waals surface area contributed by atoms with Crippen LogP contribution in [0.3, 0.4) is 0 Å². The number of benzene rings is 1. The van der Waals surface area contributed by atoms with Gasteiger partial charge in [0.05, 0.1) is 5.69 Å². The molecule has 0 amide bonds. The maximum absolute atomic E-state index is 13.5. The molecule has 0 atom stereocenters. The van der Waals surface area contributed by atoms with E-state index in [1.54, 1.807) is 12.1 Å². The zero-order valence-corrected chi connectivity index (χ0v) is 8.93. The fourth-order valence-electron chi connectivity index (χ4n) is 1.73. The molecule has 15 heavy (non-hydrogen) atoms. The molecule has 0 radical (unpaired) electrons. The number of rotatable bonds is 1. The lowest BCUT2D eigenvalue weighted by atomic mass is 10.1. The summed E-state index contributed by atoms with van der Waals surface area (Å²) in [6, 6.07) is 4.62. The van der Waals surface area contributed by atoms with Gasteiger partial charge in [0.2, 0.25) is 0 Å². The number of hydrogen-bond acceptors (Lipinski definition) is 2. The number of anilines is 1. The molecule has 1 aliphatic rings. The van der Waals surface area contributed by atoms with Gasteiger partial charge in [-0.1, -0.05) is 11.6 Å². The topological polar surface area (TPSA) is 20.3 Å². The third kappa shape index (κ3) is 2.29. The van der Waals surface area contributed by atoms with Crippen LogP contribution in [0.15, 0.2) is 18.2 Å². The first-order chi connectivity index (χ1) is 7.16. The van der Waals surface area contributed by atoms with Gasteiger partial charge < -0.3 is 4.90 Å². The number of nitrogens with zero attached hydrogens (tertiary/aromatic N) is 1. The summed E-state index contributed by atoms with van der Waals surface area (Å²) in [6.45, 7) is 1.19. The summed E-state index contributed by atoms with van der Waals surface area (Å²) in [6.07, 6.45) is 1.00. The Labute approximate surface area is 92.6 Å². The molecule has 1 fully saturated rings. The zero-order valence-electron chi connectivity index (χ0n) is 8.17. The monoisotopic (exact) mass is 227 g/mol. The number of Topliss-reactive ketones (excluding diaryl/α,β-unsaturated/α-hetero) is 1. The maximum atomic E-state index is 13.5. The molecule has 4 heteroatoms. The number of piperidine rings is 1. The highest BCUT2D eigenvalue weighted by Crippen LogP contribution is 2.24. The summed E-state index contributed by atoms with van der Waals surface area (Å²) in [5, 5.41) is 0.393. The van der Waals surface area contributed by atoms with E-state index in [4.69, 9.17) is 11.6 Å². The van der Waals surface area contributed by atoms with E-state index in [0.717, 1.165) is 0 Å². The first kappa shape index (κ1) is 10.4. The van der Waals surface area contributed by atoms with E-state index in [1.807, 2.05) is 4.90 Å². The molecule has 1 aliphatic heterocycles. The van der Waals surface area contributed by atoms with Gasteiger partial charge in [-0.2, -0.15) is 0 Å². The molecule has 2 nitrogen and oxygen atoms in total. The zero-order chi connectivity index (χ0) is 10.8. The average Bonchev–Trinajstić information content (AvgIpc) is 2.20. The van der Waals surface area contributed by atoms with Crippen LogP contribution in [-0.2, 0) is 4.79 Å². The lowest BCUT2D eigenvalue weighted by molar-refractivity contribution is -0.119. The summed E-state index contributed by atoms with van der Waals surface area (Å²) >= 11 is 5.67. The smallest absolute Gasteiger partial charge is 0.147 e. The van der Waals surface area contributed by atoms with Gasteiger partial charge in [-0.15, -0.1) is 0 Å². The quantitative estimate of drug-likeness (QED) is 0.735. The van der Waals surface area contributed by atoms with Crippen molar-refractivity contribution >= 4 is 23.1 Å². The first-order valence-electron chi connectivity index (χ1n) is 4.88. The molecule has 0 N–H and O–H groups in total. The van der Waals surface area contributed by atoms with E-state index in [9.17, 15) is 9.18 Å². The van der Waals surface area contributed by atoms with E-state index in [0.29, 0.717) is 36.6 Å². The predicted octanol–water partition coefficient (Wildman–Crippen LogP) is 2.65. The molecular weight excluding hydrogens is 217 g/mol. The van der Waals surface area contributed by atoms with Crippen molar-refractivity contribution in [1.82, 2.24) is 0 Å². The Morgan fingerprint density at radius 1 is 1.27 bits per heavy atom. The van der Waals surface area contributed by atoms with Crippen molar-refractivity contribution in [2.24, 2.45) is 0 Å². The van der Waals surface area contributed by atoms with E-state index in [-0.39, 0.29) is 11.6 Å². The van der Waals surface area contributed by atoms with Gasteiger partial charge in [-0.3, -0.25) is 4.79 Å². The van der Waals surface area contributed by atoms with Crippen molar-refractivity contribution < 1.29 is 9.18 Å². The van der Waals surface area contributed by atoms with Gasteiger partial charge in [0.25, 0.3) is 0 Å². The largest absolute Gasteiger partial charge is 0.368 e. The molecule has 1 aromatic carbocycles. The minimum absolute atomic E-state index is 0.251. The van der Waals surface area contributed by atoms with Crippen LogP contribution in [-0.4, -0.2) is 18.9 Å². The fourth-order valence-corrected chi connectivity index (χ4v) is 1.89. The molecule has 80 valence electrons. The van der Waals surface area contributed by atoms with Crippen LogP contribution in [0.4, 0.5) is 10.1 Å². The van der Waals surface area contributed by atoms with E-state index in [1.165, 1.54) is 6.07 Å². The van der Waals surface area contributed by atoms with Gasteiger partial charge in [0.15, 0.2) is 0 Å². The molecule has 1 aromatic rings. The molecule has 0 bridgehead atoms. The van der Waals surface area contributed by atoms with Gasteiger partial charge in [-0.05, 0) is 18.2 Å². The number of hydrogen-bond donors (Lipinski definition) is 0. The van der Waals surface area contributed by atoms with Crippen molar-refractivity contribution in [2.45, 2.75) is 12.8 Å². The van der Waals surface area contributed by atoms with Crippen LogP contribution in [0.1, 0.15) is 12.8 Å². The summed E-state index contributed by atoms with van der Waals surface area (Å²) in [7, 11) is 0. The lowest BCUT2D eigenvalue weighted by Crippen LogP contribution is -2.34. The second-order valence-electron chi connectivity index (χ2n) is 3.62. The molecule has 1 heterocycles. The van der Waals surface area contributed by atoms with E-state index < -0.39 is 0 Å². The van der Waals surface area contributed by atoms with E-state index in [2.05, 4.69) is 0 Å². The number of ketones is 1. The maximum Gasteiger partial charge on any atom is 0.147 e.